The van der Waals surface area contributed by atoms with Crippen molar-refractivity contribution < 1.29 is 4.79 Å². The molecule has 0 aliphatic rings. The van der Waals surface area contributed by atoms with E-state index in [2.05, 4.69) is 20.6 Å². The average molecular weight is 295 g/mol. The maximum atomic E-state index is 12.0. The van der Waals surface area contributed by atoms with Crippen LogP contribution in [0.3, 0.4) is 0 Å². The zero-order valence-electron chi connectivity index (χ0n) is 12.7. The van der Waals surface area contributed by atoms with Crippen LogP contribution in [-0.4, -0.2) is 25.7 Å². The summed E-state index contributed by atoms with van der Waals surface area (Å²) >= 11 is 0. The minimum Gasteiger partial charge on any atom is -0.326 e. The van der Waals surface area contributed by atoms with Crippen LogP contribution < -0.4 is 5.32 Å². The summed E-state index contributed by atoms with van der Waals surface area (Å²) in [6.07, 6.45) is 1.57. The van der Waals surface area contributed by atoms with Crippen molar-refractivity contribution in [3.63, 3.8) is 0 Å². The molecule has 3 aromatic rings. The van der Waals surface area contributed by atoms with Crippen LogP contribution in [0.1, 0.15) is 20.8 Å². The van der Waals surface area contributed by atoms with Gasteiger partial charge in [0.15, 0.2) is 5.65 Å². The maximum Gasteiger partial charge on any atom is 0.229 e. The molecular weight excluding hydrogens is 278 g/mol. The number of carbonyl (C=O) groups excluding carboxylic acids is 1. The molecule has 3 rings (SSSR count). The summed E-state index contributed by atoms with van der Waals surface area (Å²) in [7, 11) is 0. The molecule has 1 amide bonds. The van der Waals surface area contributed by atoms with Crippen LogP contribution in [0.25, 0.3) is 16.9 Å². The number of nitrogens with one attached hydrogen (secondary N) is 1. The van der Waals surface area contributed by atoms with Crippen molar-refractivity contribution in [1.82, 2.24) is 19.8 Å². The lowest BCUT2D eigenvalue weighted by Gasteiger charge is -2.17. The van der Waals surface area contributed by atoms with Gasteiger partial charge in [0, 0.05) is 16.7 Å². The van der Waals surface area contributed by atoms with Gasteiger partial charge in [-0.25, -0.2) is 0 Å². The molecule has 0 radical (unpaired) electrons. The van der Waals surface area contributed by atoms with Crippen molar-refractivity contribution in [2.24, 2.45) is 5.41 Å². The van der Waals surface area contributed by atoms with E-state index in [4.69, 9.17) is 0 Å². The number of amides is 1. The highest BCUT2D eigenvalue weighted by Gasteiger charge is 2.21. The lowest BCUT2D eigenvalue weighted by molar-refractivity contribution is -0.123. The molecule has 0 spiro atoms. The number of hydrogen-bond donors (Lipinski definition) is 1. The second kappa shape index (κ2) is 5.22. The predicted molar refractivity (Wildman–Crippen MR) is 84.3 cm³/mol. The van der Waals surface area contributed by atoms with Crippen LogP contribution in [-0.2, 0) is 4.79 Å². The number of fused-ring (bicyclic) bond motifs is 1. The Kier molecular flexibility index (Phi) is 3.36. The molecule has 1 aromatic carbocycles. The molecular formula is C16H17N5O. The van der Waals surface area contributed by atoms with E-state index in [1.807, 2.05) is 57.2 Å². The quantitative estimate of drug-likeness (QED) is 0.789. The number of anilines is 1. The van der Waals surface area contributed by atoms with Crippen LogP contribution in [0.5, 0.6) is 0 Å². The number of benzene rings is 1. The van der Waals surface area contributed by atoms with E-state index >= 15 is 0 Å². The predicted octanol–water partition coefficient (Wildman–Crippen LogP) is 2.78. The molecule has 0 fully saturated rings. The Labute approximate surface area is 128 Å². The molecule has 0 atom stereocenters. The Morgan fingerprint density at radius 2 is 1.82 bits per heavy atom. The van der Waals surface area contributed by atoms with Crippen LogP contribution >= 0.6 is 0 Å². The molecule has 6 nitrogen and oxygen atoms in total. The molecule has 0 saturated carbocycles. The average Bonchev–Trinajstić information content (AvgIpc) is 2.94. The first-order valence-corrected chi connectivity index (χ1v) is 7.02. The Bertz CT molecular complexity index is 814. The number of aromatic nitrogens is 4. The third-order valence-corrected chi connectivity index (χ3v) is 3.28. The van der Waals surface area contributed by atoms with E-state index in [0.717, 1.165) is 16.9 Å². The topological polar surface area (TPSA) is 72.2 Å². The minimum absolute atomic E-state index is 0.00992. The van der Waals surface area contributed by atoms with Crippen LogP contribution in [0, 0.1) is 5.41 Å². The molecule has 112 valence electrons. The summed E-state index contributed by atoms with van der Waals surface area (Å²) in [5.74, 6) is -0.00992. The summed E-state index contributed by atoms with van der Waals surface area (Å²) in [4.78, 5) is 12.0. The SMILES string of the molecule is CC(C)(C)C(=O)Nc1ccc(-c2ccc3nncn3n2)cc1. The van der Waals surface area contributed by atoms with E-state index in [9.17, 15) is 4.79 Å². The fourth-order valence-electron chi connectivity index (χ4n) is 1.93. The van der Waals surface area contributed by atoms with Crippen LogP contribution in [0.15, 0.2) is 42.7 Å². The number of nitrogens with zero attached hydrogens (tertiary/aromatic N) is 4. The zero-order chi connectivity index (χ0) is 15.7. The first-order valence-electron chi connectivity index (χ1n) is 7.02. The Hall–Kier alpha value is -2.76. The molecule has 2 heterocycles. The first-order chi connectivity index (χ1) is 10.4. The number of rotatable bonds is 2. The lowest BCUT2D eigenvalue weighted by Crippen LogP contribution is -2.27. The van der Waals surface area contributed by atoms with Gasteiger partial charge in [-0.3, -0.25) is 4.79 Å². The fraction of sp³-hybridized carbons (Fsp3) is 0.250. The second-order valence-electron chi connectivity index (χ2n) is 6.13. The Morgan fingerprint density at radius 3 is 2.50 bits per heavy atom. The van der Waals surface area contributed by atoms with Crippen molar-refractivity contribution >= 4 is 17.2 Å². The van der Waals surface area contributed by atoms with Crippen molar-refractivity contribution in [1.29, 1.82) is 0 Å². The molecule has 0 unspecified atom stereocenters. The third kappa shape index (κ3) is 2.81. The smallest absolute Gasteiger partial charge is 0.229 e. The Morgan fingerprint density at radius 1 is 1.09 bits per heavy atom. The molecule has 0 aliphatic heterocycles. The summed E-state index contributed by atoms with van der Waals surface area (Å²) < 4.78 is 1.63. The monoisotopic (exact) mass is 295 g/mol. The van der Waals surface area contributed by atoms with Gasteiger partial charge in [-0.2, -0.15) is 9.61 Å². The second-order valence-corrected chi connectivity index (χ2v) is 6.13. The van der Waals surface area contributed by atoms with Gasteiger partial charge in [0.05, 0.1) is 5.69 Å². The van der Waals surface area contributed by atoms with Gasteiger partial charge in [-0.05, 0) is 24.3 Å². The summed E-state index contributed by atoms with van der Waals surface area (Å²) in [6, 6.07) is 11.4. The molecule has 0 aliphatic carbocycles. The van der Waals surface area contributed by atoms with Crippen LogP contribution in [0.2, 0.25) is 0 Å². The fourth-order valence-corrected chi connectivity index (χ4v) is 1.93. The summed E-state index contributed by atoms with van der Waals surface area (Å²) in [5, 5.41) is 15.1. The maximum absolute atomic E-state index is 12.0. The molecule has 1 N–H and O–H groups in total. The lowest BCUT2D eigenvalue weighted by atomic mass is 9.95. The highest BCUT2D eigenvalue weighted by molar-refractivity contribution is 5.94. The summed E-state index contributed by atoms with van der Waals surface area (Å²) in [6.45, 7) is 5.65. The molecule has 6 heteroatoms. The molecule has 2 aromatic heterocycles. The van der Waals surface area contributed by atoms with Gasteiger partial charge in [-0.1, -0.05) is 32.9 Å². The van der Waals surface area contributed by atoms with Gasteiger partial charge >= 0.3 is 0 Å². The van der Waals surface area contributed by atoms with E-state index in [0.29, 0.717) is 5.65 Å². The van der Waals surface area contributed by atoms with Gasteiger partial charge in [-0.15, -0.1) is 10.2 Å². The van der Waals surface area contributed by atoms with E-state index in [-0.39, 0.29) is 5.91 Å². The highest BCUT2D eigenvalue weighted by Crippen LogP contribution is 2.21. The van der Waals surface area contributed by atoms with Gasteiger partial charge in [0.1, 0.15) is 6.33 Å². The van der Waals surface area contributed by atoms with Gasteiger partial charge in [0.25, 0.3) is 0 Å². The number of hydrogen-bond acceptors (Lipinski definition) is 4. The van der Waals surface area contributed by atoms with Crippen molar-refractivity contribution in [3.8, 4) is 11.3 Å². The largest absolute Gasteiger partial charge is 0.326 e. The van der Waals surface area contributed by atoms with Crippen molar-refractivity contribution in [2.75, 3.05) is 5.32 Å². The standard InChI is InChI=1S/C16H17N5O/c1-16(2,3)15(22)18-12-6-4-11(5-7-12)13-8-9-14-19-17-10-21(14)20-13/h4-10H,1-3H3,(H,18,22). The van der Waals surface area contributed by atoms with E-state index < -0.39 is 5.41 Å². The van der Waals surface area contributed by atoms with Crippen molar-refractivity contribution in [2.45, 2.75) is 20.8 Å². The van der Waals surface area contributed by atoms with Crippen molar-refractivity contribution in [3.05, 3.63) is 42.7 Å². The Balaban J connectivity index is 1.83. The highest BCUT2D eigenvalue weighted by atomic mass is 16.2. The number of carbonyl (C=O) groups is 1. The minimum atomic E-state index is -0.417. The van der Waals surface area contributed by atoms with Crippen LogP contribution in [0.4, 0.5) is 5.69 Å². The van der Waals surface area contributed by atoms with E-state index in [1.165, 1.54) is 0 Å². The zero-order valence-corrected chi connectivity index (χ0v) is 12.7. The summed E-state index contributed by atoms with van der Waals surface area (Å²) in [5.41, 5.74) is 2.84. The normalized spacial score (nSPS) is 11.6. The van der Waals surface area contributed by atoms with Gasteiger partial charge in [0.2, 0.25) is 5.91 Å². The molecule has 0 saturated heterocycles. The van der Waals surface area contributed by atoms with E-state index in [1.54, 1.807) is 10.8 Å². The molecule has 22 heavy (non-hydrogen) atoms. The first kappa shape index (κ1) is 14.2. The van der Waals surface area contributed by atoms with Gasteiger partial charge < -0.3 is 5.32 Å². The third-order valence-electron chi connectivity index (χ3n) is 3.28. The molecule has 0 bridgehead atoms.